The molecule has 3 rings (SSSR count). The van der Waals surface area contributed by atoms with Crippen LogP contribution in [0.1, 0.15) is 53.9 Å². The van der Waals surface area contributed by atoms with Gasteiger partial charge in [-0.05, 0) is 56.8 Å². The van der Waals surface area contributed by atoms with Crippen molar-refractivity contribution in [3.8, 4) is 0 Å². The summed E-state index contributed by atoms with van der Waals surface area (Å²) in [5.41, 5.74) is 4.26. The molecule has 1 atom stereocenters. The lowest BCUT2D eigenvalue weighted by molar-refractivity contribution is 0.196. The van der Waals surface area contributed by atoms with Crippen molar-refractivity contribution in [3.63, 3.8) is 0 Å². The first kappa shape index (κ1) is 16.8. The molecule has 0 saturated carbocycles. The number of nitrogens with zero attached hydrogens (tertiary/aromatic N) is 3. The van der Waals surface area contributed by atoms with Crippen molar-refractivity contribution in [1.29, 1.82) is 0 Å². The number of hydrogen-bond donors (Lipinski definition) is 1. The first-order chi connectivity index (χ1) is 11.6. The van der Waals surface area contributed by atoms with Crippen LogP contribution in [0.25, 0.3) is 0 Å². The van der Waals surface area contributed by atoms with Crippen molar-refractivity contribution in [2.45, 2.75) is 52.5 Å². The Morgan fingerprint density at radius 2 is 2.21 bits per heavy atom. The topological polar surface area (TPSA) is 61.9 Å². The molecular weight excluding hydrogens is 300 g/mol. The number of pyridine rings is 1. The molecule has 1 aliphatic rings. The molecule has 0 aliphatic carbocycles. The summed E-state index contributed by atoms with van der Waals surface area (Å²) in [6.07, 6.45) is 6.72. The summed E-state index contributed by atoms with van der Waals surface area (Å²) in [6, 6.07) is 2.10. The van der Waals surface area contributed by atoms with Crippen molar-refractivity contribution < 1.29 is 0 Å². The van der Waals surface area contributed by atoms with Gasteiger partial charge < -0.3 is 4.98 Å². The fourth-order valence-corrected chi connectivity index (χ4v) is 3.58. The zero-order chi connectivity index (χ0) is 17.1. The van der Waals surface area contributed by atoms with Gasteiger partial charge in [0.05, 0.1) is 0 Å². The molecular formula is C19H26N4O. The lowest BCUT2D eigenvalue weighted by Gasteiger charge is -2.32. The van der Waals surface area contributed by atoms with Gasteiger partial charge in [0.1, 0.15) is 5.82 Å². The Bertz CT molecular complexity index is 768. The number of aromatic nitrogens is 3. The molecule has 5 heteroatoms. The highest BCUT2D eigenvalue weighted by atomic mass is 16.1. The van der Waals surface area contributed by atoms with Gasteiger partial charge in [-0.3, -0.25) is 14.7 Å². The predicted octanol–water partition coefficient (Wildman–Crippen LogP) is 2.72. The molecule has 1 aliphatic heterocycles. The molecule has 0 bridgehead atoms. The predicted molar refractivity (Wildman–Crippen MR) is 95.2 cm³/mol. The second-order valence-corrected chi connectivity index (χ2v) is 6.75. The summed E-state index contributed by atoms with van der Waals surface area (Å²) in [7, 11) is 0. The number of rotatable bonds is 4. The normalized spacial score (nSPS) is 18.7. The maximum atomic E-state index is 12.2. The van der Waals surface area contributed by atoms with E-state index in [0.29, 0.717) is 5.92 Å². The van der Waals surface area contributed by atoms with Crippen LogP contribution in [-0.4, -0.2) is 32.9 Å². The Kier molecular flexibility index (Phi) is 5.09. The van der Waals surface area contributed by atoms with Gasteiger partial charge >= 0.3 is 0 Å². The Balaban J connectivity index is 1.76. The van der Waals surface area contributed by atoms with Gasteiger partial charge in [-0.1, -0.05) is 6.92 Å². The molecule has 24 heavy (non-hydrogen) atoms. The fourth-order valence-electron chi connectivity index (χ4n) is 3.58. The summed E-state index contributed by atoms with van der Waals surface area (Å²) in [6.45, 7) is 9.01. The maximum absolute atomic E-state index is 12.2. The second kappa shape index (κ2) is 7.26. The van der Waals surface area contributed by atoms with Crippen LogP contribution in [0, 0.1) is 13.8 Å². The van der Waals surface area contributed by atoms with Crippen LogP contribution in [0.4, 0.5) is 0 Å². The standard InChI is InChI=1S/C19H26N4O/c1-4-17-14(3)21-18(22-19(17)24)16-6-5-9-23(12-16)11-15-7-8-20-10-13(15)2/h7-8,10,16H,4-6,9,11-12H2,1-3H3,(H,21,22,24). The molecule has 0 spiro atoms. The van der Waals surface area contributed by atoms with Gasteiger partial charge in [0.2, 0.25) is 0 Å². The number of aromatic amines is 1. The highest BCUT2D eigenvalue weighted by Crippen LogP contribution is 2.25. The lowest BCUT2D eigenvalue weighted by Crippen LogP contribution is -2.35. The van der Waals surface area contributed by atoms with Gasteiger partial charge in [-0.25, -0.2) is 4.98 Å². The third-order valence-electron chi connectivity index (χ3n) is 5.02. The molecule has 0 amide bonds. The number of likely N-dealkylation sites (tertiary alicyclic amines) is 1. The number of piperidine rings is 1. The first-order valence-corrected chi connectivity index (χ1v) is 8.80. The van der Waals surface area contributed by atoms with Crippen LogP contribution in [0.5, 0.6) is 0 Å². The highest BCUT2D eigenvalue weighted by Gasteiger charge is 2.24. The largest absolute Gasteiger partial charge is 0.310 e. The van der Waals surface area contributed by atoms with E-state index in [0.717, 1.165) is 56.0 Å². The Labute approximate surface area is 143 Å². The Hall–Kier alpha value is -2.01. The van der Waals surface area contributed by atoms with E-state index < -0.39 is 0 Å². The van der Waals surface area contributed by atoms with E-state index in [1.807, 2.05) is 26.2 Å². The van der Waals surface area contributed by atoms with E-state index in [1.165, 1.54) is 11.1 Å². The van der Waals surface area contributed by atoms with Crippen molar-refractivity contribution in [2.75, 3.05) is 13.1 Å². The average molecular weight is 326 g/mol. The molecule has 5 nitrogen and oxygen atoms in total. The van der Waals surface area contributed by atoms with Gasteiger partial charge in [0.15, 0.2) is 0 Å². The second-order valence-electron chi connectivity index (χ2n) is 6.75. The van der Waals surface area contributed by atoms with Crippen molar-refractivity contribution in [3.05, 3.63) is 57.0 Å². The van der Waals surface area contributed by atoms with Gasteiger partial charge in [-0.2, -0.15) is 0 Å². The molecule has 1 saturated heterocycles. The minimum absolute atomic E-state index is 0.0297. The van der Waals surface area contributed by atoms with E-state index in [4.69, 9.17) is 4.98 Å². The fraction of sp³-hybridized carbons (Fsp3) is 0.526. The summed E-state index contributed by atoms with van der Waals surface area (Å²) in [5, 5.41) is 0. The van der Waals surface area contributed by atoms with Crippen molar-refractivity contribution in [2.24, 2.45) is 0 Å². The molecule has 0 radical (unpaired) electrons. The number of H-pyrrole nitrogens is 1. The zero-order valence-corrected chi connectivity index (χ0v) is 14.8. The third kappa shape index (κ3) is 3.56. The average Bonchev–Trinajstić information content (AvgIpc) is 2.57. The monoisotopic (exact) mass is 326 g/mol. The van der Waals surface area contributed by atoms with Crippen LogP contribution in [0.3, 0.4) is 0 Å². The van der Waals surface area contributed by atoms with Gasteiger partial charge in [0.25, 0.3) is 5.56 Å². The van der Waals surface area contributed by atoms with Crippen molar-refractivity contribution >= 4 is 0 Å². The minimum atomic E-state index is 0.0297. The van der Waals surface area contributed by atoms with E-state index in [-0.39, 0.29) is 5.56 Å². The van der Waals surface area contributed by atoms with Crippen LogP contribution in [-0.2, 0) is 13.0 Å². The smallest absolute Gasteiger partial charge is 0.254 e. The van der Waals surface area contributed by atoms with E-state index in [2.05, 4.69) is 27.9 Å². The number of aryl methyl sites for hydroxylation is 2. The molecule has 1 N–H and O–H groups in total. The highest BCUT2D eigenvalue weighted by molar-refractivity contribution is 5.22. The molecule has 2 aromatic rings. The Morgan fingerprint density at radius 3 is 2.92 bits per heavy atom. The van der Waals surface area contributed by atoms with E-state index >= 15 is 0 Å². The summed E-state index contributed by atoms with van der Waals surface area (Å²) >= 11 is 0. The lowest BCUT2D eigenvalue weighted by atomic mass is 9.96. The molecule has 1 fully saturated rings. The van der Waals surface area contributed by atoms with Gasteiger partial charge in [-0.15, -0.1) is 0 Å². The van der Waals surface area contributed by atoms with Gasteiger partial charge in [0, 0.05) is 42.7 Å². The molecule has 1 unspecified atom stereocenters. The molecule has 0 aromatic carbocycles. The molecule has 3 heterocycles. The number of nitrogens with one attached hydrogen (secondary N) is 1. The third-order valence-corrected chi connectivity index (χ3v) is 5.02. The first-order valence-electron chi connectivity index (χ1n) is 8.80. The van der Waals surface area contributed by atoms with E-state index in [1.54, 1.807) is 0 Å². The number of hydrogen-bond acceptors (Lipinski definition) is 4. The van der Waals surface area contributed by atoms with Crippen LogP contribution in [0.2, 0.25) is 0 Å². The zero-order valence-electron chi connectivity index (χ0n) is 14.8. The SMILES string of the molecule is CCc1c(C)nc(C2CCCN(Cc3ccncc3C)C2)[nH]c1=O. The summed E-state index contributed by atoms with van der Waals surface area (Å²) in [5.74, 6) is 1.16. The van der Waals surface area contributed by atoms with Crippen LogP contribution in [0.15, 0.2) is 23.3 Å². The maximum Gasteiger partial charge on any atom is 0.254 e. The summed E-state index contributed by atoms with van der Waals surface area (Å²) in [4.78, 5) is 26.6. The minimum Gasteiger partial charge on any atom is -0.310 e. The quantitative estimate of drug-likeness (QED) is 0.938. The summed E-state index contributed by atoms with van der Waals surface area (Å²) < 4.78 is 0. The van der Waals surface area contributed by atoms with Crippen LogP contribution < -0.4 is 5.56 Å². The molecule has 128 valence electrons. The van der Waals surface area contributed by atoms with Crippen molar-refractivity contribution in [1.82, 2.24) is 19.9 Å². The van der Waals surface area contributed by atoms with E-state index in [9.17, 15) is 4.79 Å². The molecule has 2 aromatic heterocycles. The Morgan fingerprint density at radius 1 is 1.38 bits per heavy atom. The van der Waals surface area contributed by atoms with Crippen LogP contribution >= 0.6 is 0 Å².